The fourth-order valence-electron chi connectivity index (χ4n) is 2.53. The number of aliphatic hydroxyl groups excluding tert-OH is 1. The molecule has 0 aromatic heterocycles. The minimum Gasteiger partial charge on any atom is -0.504 e. The van der Waals surface area contributed by atoms with Crippen LogP contribution < -0.4 is 10.6 Å². The zero-order valence-corrected chi connectivity index (χ0v) is 14.8. The van der Waals surface area contributed by atoms with E-state index in [4.69, 9.17) is 9.84 Å². The van der Waals surface area contributed by atoms with Crippen LogP contribution in [0.2, 0.25) is 0 Å². The van der Waals surface area contributed by atoms with Gasteiger partial charge in [0, 0.05) is 13.7 Å². The zero-order chi connectivity index (χ0) is 19.8. The van der Waals surface area contributed by atoms with Crippen LogP contribution >= 0.6 is 0 Å². The predicted octanol–water partition coefficient (Wildman–Crippen LogP) is 0.751. The first-order valence-electron chi connectivity index (χ1n) is 8.23. The molecule has 2 rings (SSSR count). The molecule has 2 amide bonds. The van der Waals surface area contributed by atoms with Crippen molar-refractivity contribution in [1.29, 1.82) is 0 Å². The lowest BCUT2D eigenvalue weighted by Gasteiger charge is -2.21. The molecule has 0 saturated carbocycles. The number of nitrogens with one attached hydrogen (secondary N) is 2. The highest BCUT2D eigenvalue weighted by Gasteiger charge is 2.23. The molecule has 0 fully saturated rings. The molecule has 8 heteroatoms. The van der Waals surface area contributed by atoms with E-state index in [1.807, 2.05) is 0 Å². The van der Waals surface area contributed by atoms with Gasteiger partial charge in [-0.3, -0.25) is 9.59 Å². The van der Waals surface area contributed by atoms with Gasteiger partial charge in [-0.2, -0.15) is 0 Å². The maximum Gasteiger partial charge on any atom is 0.247 e. The van der Waals surface area contributed by atoms with E-state index in [1.165, 1.54) is 19.2 Å². The minimum absolute atomic E-state index is 0.0673. The first-order chi connectivity index (χ1) is 13.0. The summed E-state index contributed by atoms with van der Waals surface area (Å²) in [6, 6.07) is 11.9. The summed E-state index contributed by atoms with van der Waals surface area (Å²) in [4.78, 5) is 24.2. The van der Waals surface area contributed by atoms with E-state index in [-0.39, 0.29) is 18.0 Å². The van der Waals surface area contributed by atoms with E-state index in [9.17, 15) is 19.8 Å². The quantitative estimate of drug-likeness (QED) is 0.434. The predicted molar refractivity (Wildman–Crippen MR) is 96.9 cm³/mol. The van der Waals surface area contributed by atoms with Crippen LogP contribution in [0, 0.1) is 0 Å². The number of methoxy groups -OCH3 is 1. The van der Waals surface area contributed by atoms with Crippen molar-refractivity contribution >= 4 is 11.8 Å². The number of carbonyl (C=O) groups excluding carboxylic acids is 2. The lowest BCUT2D eigenvalue weighted by atomic mass is 10.1. The summed E-state index contributed by atoms with van der Waals surface area (Å²) in [5, 5.41) is 33.1. The molecule has 2 atom stereocenters. The molecule has 0 aliphatic heterocycles. The van der Waals surface area contributed by atoms with Crippen molar-refractivity contribution < 1.29 is 29.6 Å². The fourth-order valence-corrected chi connectivity index (χ4v) is 2.53. The van der Waals surface area contributed by atoms with Gasteiger partial charge in [0.15, 0.2) is 11.5 Å². The smallest absolute Gasteiger partial charge is 0.247 e. The lowest BCUT2D eigenvalue weighted by Crippen LogP contribution is -2.42. The maximum atomic E-state index is 12.6. The monoisotopic (exact) mass is 374 g/mol. The molecule has 0 bridgehead atoms. The van der Waals surface area contributed by atoms with Crippen molar-refractivity contribution in [3.63, 3.8) is 0 Å². The van der Waals surface area contributed by atoms with Gasteiger partial charge in [0.1, 0.15) is 12.6 Å². The average molecular weight is 374 g/mol. The highest BCUT2D eigenvalue weighted by Crippen LogP contribution is 2.28. The van der Waals surface area contributed by atoms with Gasteiger partial charge in [0.05, 0.1) is 6.10 Å². The second-order valence-electron chi connectivity index (χ2n) is 5.79. The Morgan fingerprint density at radius 1 is 1.04 bits per heavy atom. The third-order valence-corrected chi connectivity index (χ3v) is 3.96. The number of aromatic hydroxyl groups is 2. The summed E-state index contributed by atoms with van der Waals surface area (Å²) in [5.41, 5.74) is 1.12. The molecule has 0 saturated heterocycles. The normalized spacial score (nSPS) is 12.8. The average Bonchev–Trinajstić information content (AvgIpc) is 2.69. The summed E-state index contributed by atoms with van der Waals surface area (Å²) < 4.78 is 5.33. The summed E-state index contributed by atoms with van der Waals surface area (Å²) in [6.07, 6.45) is -0.578. The molecule has 0 aliphatic rings. The largest absolute Gasteiger partial charge is 0.504 e. The van der Waals surface area contributed by atoms with Crippen LogP contribution in [0.4, 0.5) is 0 Å². The highest BCUT2D eigenvalue weighted by molar-refractivity contribution is 5.89. The second-order valence-corrected chi connectivity index (χ2v) is 5.79. The molecule has 2 aromatic carbocycles. The molecule has 27 heavy (non-hydrogen) atoms. The van der Waals surface area contributed by atoms with E-state index in [1.54, 1.807) is 36.4 Å². The van der Waals surface area contributed by atoms with Gasteiger partial charge < -0.3 is 30.7 Å². The van der Waals surface area contributed by atoms with E-state index in [0.29, 0.717) is 11.1 Å². The Bertz CT molecular complexity index is 781. The SMILES string of the molecule is CO[C@@H](CNC(=O)C(NC(=O)CO)c1ccccc1)c1ccc(O)c(O)c1. The van der Waals surface area contributed by atoms with Crippen LogP contribution in [0.25, 0.3) is 0 Å². The van der Waals surface area contributed by atoms with Crippen molar-refractivity contribution in [2.24, 2.45) is 0 Å². The van der Waals surface area contributed by atoms with Crippen LogP contribution in [0.5, 0.6) is 11.5 Å². The number of carbonyl (C=O) groups is 2. The third kappa shape index (κ3) is 5.44. The number of phenols is 2. The van der Waals surface area contributed by atoms with Crippen molar-refractivity contribution in [2.45, 2.75) is 12.1 Å². The molecule has 0 heterocycles. The van der Waals surface area contributed by atoms with E-state index >= 15 is 0 Å². The van der Waals surface area contributed by atoms with Crippen LogP contribution in [0.15, 0.2) is 48.5 Å². The van der Waals surface area contributed by atoms with Gasteiger partial charge in [-0.15, -0.1) is 0 Å². The molecule has 8 nitrogen and oxygen atoms in total. The van der Waals surface area contributed by atoms with Crippen LogP contribution in [-0.4, -0.2) is 47.4 Å². The Kier molecular flexibility index (Phi) is 7.16. The number of aliphatic hydroxyl groups is 1. The number of hydrogen-bond donors (Lipinski definition) is 5. The van der Waals surface area contributed by atoms with Gasteiger partial charge in [0.2, 0.25) is 11.8 Å². The number of benzene rings is 2. The van der Waals surface area contributed by atoms with Gasteiger partial charge >= 0.3 is 0 Å². The number of amides is 2. The van der Waals surface area contributed by atoms with E-state index in [0.717, 1.165) is 0 Å². The Balaban J connectivity index is 2.11. The summed E-state index contributed by atoms with van der Waals surface area (Å²) in [6.45, 7) is -0.665. The highest BCUT2D eigenvalue weighted by atomic mass is 16.5. The van der Waals surface area contributed by atoms with Crippen molar-refractivity contribution in [1.82, 2.24) is 10.6 Å². The fraction of sp³-hybridized carbons (Fsp3) is 0.263. The minimum atomic E-state index is -0.975. The molecule has 0 aliphatic carbocycles. The Labute approximate surface area is 156 Å². The first kappa shape index (κ1) is 20.2. The van der Waals surface area contributed by atoms with Crippen molar-refractivity contribution in [3.05, 3.63) is 59.7 Å². The van der Waals surface area contributed by atoms with E-state index in [2.05, 4.69) is 10.6 Å². The molecule has 0 radical (unpaired) electrons. The zero-order valence-electron chi connectivity index (χ0n) is 14.8. The van der Waals surface area contributed by atoms with Gasteiger partial charge in [-0.05, 0) is 23.3 Å². The van der Waals surface area contributed by atoms with Crippen LogP contribution in [0.1, 0.15) is 23.3 Å². The number of phenolic OH excluding ortho intramolecular Hbond substituents is 2. The standard InChI is InChI=1S/C19H22N2O6/c1-27-16(13-7-8-14(23)15(24)9-13)10-20-19(26)18(21-17(25)11-22)12-5-3-2-4-6-12/h2-9,16,18,22-24H,10-11H2,1H3,(H,20,26)(H,21,25)/t16-,18?/m0/s1. The lowest BCUT2D eigenvalue weighted by molar-refractivity contribution is -0.130. The van der Waals surface area contributed by atoms with Gasteiger partial charge in [-0.25, -0.2) is 0 Å². The van der Waals surface area contributed by atoms with Gasteiger partial charge in [-0.1, -0.05) is 36.4 Å². The van der Waals surface area contributed by atoms with Crippen LogP contribution in [0.3, 0.4) is 0 Å². The number of hydrogen-bond acceptors (Lipinski definition) is 6. The first-order valence-corrected chi connectivity index (χ1v) is 8.23. The summed E-state index contributed by atoms with van der Waals surface area (Å²) >= 11 is 0. The Morgan fingerprint density at radius 3 is 2.33 bits per heavy atom. The molecule has 1 unspecified atom stereocenters. The molecular formula is C19H22N2O6. The molecular weight excluding hydrogens is 352 g/mol. The summed E-state index contributed by atoms with van der Waals surface area (Å²) in [7, 11) is 1.45. The molecule has 0 spiro atoms. The topological polar surface area (TPSA) is 128 Å². The number of rotatable bonds is 8. The Hall–Kier alpha value is -3.10. The third-order valence-electron chi connectivity index (χ3n) is 3.96. The van der Waals surface area contributed by atoms with Crippen LogP contribution in [-0.2, 0) is 14.3 Å². The van der Waals surface area contributed by atoms with Gasteiger partial charge in [0.25, 0.3) is 0 Å². The molecule has 2 aromatic rings. The maximum absolute atomic E-state index is 12.6. The second kappa shape index (κ2) is 9.56. The van der Waals surface area contributed by atoms with Crippen molar-refractivity contribution in [3.8, 4) is 11.5 Å². The van der Waals surface area contributed by atoms with Crippen molar-refractivity contribution in [2.75, 3.05) is 20.3 Å². The Morgan fingerprint density at radius 2 is 1.74 bits per heavy atom. The molecule has 144 valence electrons. The number of ether oxygens (including phenoxy) is 1. The molecule has 5 N–H and O–H groups in total. The summed E-state index contributed by atoms with van der Waals surface area (Å²) in [5.74, 6) is -1.70. The van der Waals surface area contributed by atoms with E-state index < -0.39 is 30.6 Å².